The molecule has 0 unspecified atom stereocenters. The molecule has 0 spiro atoms. The summed E-state index contributed by atoms with van der Waals surface area (Å²) in [5, 5.41) is 2.66. The first-order valence-electron chi connectivity index (χ1n) is 5.83. The molecular weight excluding hydrogens is 232 g/mol. The van der Waals surface area contributed by atoms with Crippen LogP contribution < -0.4 is 11.1 Å². The highest BCUT2D eigenvalue weighted by molar-refractivity contribution is 5.67. The summed E-state index contributed by atoms with van der Waals surface area (Å²) in [5.74, 6) is 0.663. The number of aryl methyl sites for hydroxylation is 1. The second-order valence-corrected chi connectivity index (χ2v) is 5.00. The highest BCUT2D eigenvalue weighted by Crippen LogP contribution is 2.08. The number of rotatable bonds is 3. The van der Waals surface area contributed by atoms with Gasteiger partial charge in [0.05, 0.1) is 17.6 Å². The van der Waals surface area contributed by atoms with Crippen molar-refractivity contribution in [2.24, 2.45) is 0 Å². The standard InChI is InChI=1S/C12H20N4O2/c1-8-15-7-9(13)10(16-8)5-6-14-11(17)18-12(2,3)4/h7H,5-6,13H2,1-4H3,(H,14,17). The lowest BCUT2D eigenvalue weighted by Gasteiger charge is -2.19. The van der Waals surface area contributed by atoms with Crippen LogP contribution in [-0.2, 0) is 11.2 Å². The smallest absolute Gasteiger partial charge is 0.407 e. The SMILES string of the molecule is Cc1ncc(N)c(CCNC(=O)OC(C)(C)C)n1. The monoisotopic (exact) mass is 252 g/mol. The van der Waals surface area contributed by atoms with Crippen LogP contribution in [0.2, 0.25) is 0 Å². The van der Waals surface area contributed by atoms with E-state index in [2.05, 4.69) is 15.3 Å². The maximum Gasteiger partial charge on any atom is 0.407 e. The van der Waals surface area contributed by atoms with Crippen LogP contribution in [-0.4, -0.2) is 28.2 Å². The van der Waals surface area contributed by atoms with Crippen LogP contribution in [0.5, 0.6) is 0 Å². The van der Waals surface area contributed by atoms with E-state index in [1.807, 2.05) is 20.8 Å². The summed E-state index contributed by atoms with van der Waals surface area (Å²) >= 11 is 0. The summed E-state index contributed by atoms with van der Waals surface area (Å²) in [5.41, 5.74) is 6.52. The van der Waals surface area contributed by atoms with Crippen molar-refractivity contribution in [3.8, 4) is 0 Å². The lowest BCUT2D eigenvalue weighted by atomic mass is 10.2. The van der Waals surface area contributed by atoms with E-state index in [9.17, 15) is 4.79 Å². The number of anilines is 1. The van der Waals surface area contributed by atoms with Crippen LogP contribution in [0, 0.1) is 6.92 Å². The summed E-state index contributed by atoms with van der Waals surface area (Å²) in [4.78, 5) is 19.6. The second kappa shape index (κ2) is 5.66. The highest BCUT2D eigenvalue weighted by atomic mass is 16.6. The fourth-order valence-electron chi connectivity index (χ4n) is 1.32. The molecule has 0 saturated heterocycles. The fourth-order valence-corrected chi connectivity index (χ4v) is 1.32. The third-order valence-electron chi connectivity index (χ3n) is 2.05. The van der Waals surface area contributed by atoms with Crippen LogP contribution >= 0.6 is 0 Å². The maximum absolute atomic E-state index is 11.4. The van der Waals surface area contributed by atoms with Crippen molar-refractivity contribution in [1.29, 1.82) is 0 Å². The average molecular weight is 252 g/mol. The van der Waals surface area contributed by atoms with Crippen LogP contribution in [0.15, 0.2) is 6.20 Å². The molecule has 0 fully saturated rings. The van der Waals surface area contributed by atoms with E-state index in [1.165, 1.54) is 0 Å². The molecular formula is C12H20N4O2. The first-order valence-corrected chi connectivity index (χ1v) is 5.83. The number of amides is 1. The highest BCUT2D eigenvalue weighted by Gasteiger charge is 2.15. The predicted octanol–water partition coefficient (Wildman–Crippen LogP) is 1.43. The summed E-state index contributed by atoms with van der Waals surface area (Å²) in [7, 11) is 0. The number of carbonyl (C=O) groups excluding carboxylic acids is 1. The van der Waals surface area contributed by atoms with Crippen molar-refractivity contribution in [3.63, 3.8) is 0 Å². The summed E-state index contributed by atoms with van der Waals surface area (Å²) < 4.78 is 5.12. The zero-order valence-electron chi connectivity index (χ0n) is 11.3. The maximum atomic E-state index is 11.4. The van der Waals surface area contributed by atoms with Gasteiger partial charge in [-0.3, -0.25) is 0 Å². The zero-order valence-corrected chi connectivity index (χ0v) is 11.3. The minimum atomic E-state index is -0.491. The van der Waals surface area contributed by atoms with E-state index in [4.69, 9.17) is 10.5 Å². The van der Waals surface area contributed by atoms with Crippen molar-refractivity contribution in [1.82, 2.24) is 15.3 Å². The third kappa shape index (κ3) is 4.99. The minimum absolute atomic E-state index is 0.426. The molecule has 1 aromatic rings. The number of nitrogen functional groups attached to an aromatic ring is 1. The normalized spacial score (nSPS) is 11.1. The molecule has 0 atom stereocenters. The van der Waals surface area contributed by atoms with Crippen LogP contribution in [0.4, 0.5) is 10.5 Å². The molecule has 0 aliphatic heterocycles. The lowest BCUT2D eigenvalue weighted by Crippen LogP contribution is -2.33. The van der Waals surface area contributed by atoms with E-state index >= 15 is 0 Å². The largest absolute Gasteiger partial charge is 0.444 e. The predicted molar refractivity (Wildman–Crippen MR) is 69.1 cm³/mol. The number of nitrogens with two attached hydrogens (primary N) is 1. The van der Waals surface area contributed by atoms with Gasteiger partial charge >= 0.3 is 6.09 Å². The molecule has 1 aromatic heterocycles. The molecule has 6 nitrogen and oxygen atoms in total. The Morgan fingerprint density at radius 3 is 2.78 bits per heavy atom. The van der Waals surface area contributed by atoms with Crippen molar-refractivity contribution in [2.75, 3.05) is 12.3 Å². The van der Waals surface area contributed by atoms with Crippen molar-refractivity contribution in [2.45, 2.75) is 39.7 Å². The number of nitrogens with one attached hydrogen (secondary N) is 1. The number of hydrogen-bond donors (Lipinski definition) is 2. The number of hydrogen-bond acceptors (Lipinski definition) is 5. The topological polar surface area (TPSA) is 90.1 Å². The van der Waals surface area contributed by atoms with Gasteiger partial charge in [0.15, 0.2) is 0 Å². The molecule has 0 aliphatic rings. The number of ether oxygens (including phenoxy) is 1. The first kappa shape index (κ1) is 14.2. The number of nitrogens with zero attached hydrogens (tertiary/aromatic N) is 2. The lowest BCUT2D eigenvalue weighted by molar-refractivity contribution is 0.0528. The summed E-state index contributed by atoms with van der Waals surface area (Å²) in [6, 6.07) is 0. The Kier molecular flexibility index (Phi) is 4.47. The average Bonchev–Trinajstić information content (AvgIpc) is 2.20. The fraction of sp³-hybridized carbons (Fsp3) is 0.583. The molecule has 0 aliphatic carbocycles. The van der Waals surface area contributed by atoms with Crippen molar-refractivity contribution >= 4 is 11.8 Å². The Hall–Kier alpha value is -1.85. The van der Waals surface area contributed by atoms with Crippen LogP contribution in [0.25, 0.3) is 0 Å². The van der Waals surface area contributed by atoms with Gasteiger partial charge in [-0.2, -0.15) is 0 Å². The Bertz CT molecular complexity index is 427. The number of carbonyl (C=O) groups is 1. The van der Waals surface area contributed by atoms with E-state index < -0.39 is 11.7 Å². The Morgan fingerprint density at radius 2 is 2.17 bits per heavy atom. The van der Waals surface area contributed by atoms with Gasteiger partial charge in [0.1, 0.15) is 11.4 Å². The van der Waals surface area contributed by atoms with Gasteiger partial charge in [0.25, 0.3) is 0 Å². The van der Waals surface area contributed by atoms with E-state index in [0.29, 0.717) is 24.5 Å². The van der Waals surface area contributed by atoms with E-state index in [-0.39, 0.29) is 0 Å². The number of alkyl carbamates (subject to hydrolysis) is 1. The van der Waals surface area contributed by atoms with Gasteiger partial charge in [-0.05, 0) is 27.7 Å². The molecule has 0 saturated carbocycles. The third-order valence-corrected chi connectivity index (χ3v) is 2.05. The molecule has 1 amide bonds. The molecule has 3 N–H and O–H groups in total. The van der Waals surface area contributed by atoms with E-state index in [1.54, 1.807) is 13.1 Å². The molecule has 0 radical (unpaired) electrons. The molecule has 1 heterocycles. The molecule has 6 heteroatoms. The van der Waals surface area contributed by atoms with Crippen molar-refractivity contribution < 1.29 is 9.53 Å². The summed E-state index contributed by atoms with van der Waals surface area (Å²) in [6.07, 6.45) is 1.69. The van der Waals surface area contributed by atoms with Gasteiger partial charge in [-0.1, -0.05) is 0 Å². The Labute approximate surface area is 107 Å². The van der Waals surface area contributed by atoms with E-state index in [0.717, 1.165) is 5.69 Å². The van der Waals surface area contributed by atoms with Crippen LogP contribution in [0.3, 0.4) is 0 Å². The van der Waals surface area contributed by atoms with Gasteiger partial charge in [0.2, 0.25) is 0 Å². The van der Waals surface area contributed by atoms with Crippen LogP contribution in [0.1, 0.15) is 32.3 Å². The molecule has 100 valence electrons. The quantitative estimate of drug-likeness (QED) is 0.849. The first-order chi connectivity index (χ1) is 8.28. The zero-order chi connectivity index (χ0) is 13.8. The summed E-state index contributed by atoms with van der Waals surface area (Å²) in [6.45, 7) is 7.68. The Balaban J connectivity index is 2.42. The second-order valence-electron chi connectivity index (χ2n) is 5.00. The molecule has 0 aromatic carbocycles. The van der Waals surface area contributed by atoms with Gasteiger partial charge in [0, 0.05) is 13.0 Å². The Morgan fingerprint density at radius 1 is 1.50 bits per heavy atom. The number of aromatic nitrogens is 2. The molecule has 0 bridgehead atoms. The van der Waals surface area contributed by atoms with Gasteiger partial charge < -0.3 is 15.8 Å². The molecule has 1 rings (SSSR count). The van der Waals surface area contributed by atoms with Crippen molar-refractivity contribution in [3.05, 3.63) is 17.7 Å². The minimum Gasteiger partial charge on any atom is -0.444 e. The van der Waals surface area contributed by atoms with Gasteiger partial charge in [-0.15, -0.1) is 0 Å². The molecule has 18 heavy (non-hydrogen) atoms. The van der Waals surface area contributed by atoms with Gasteiger partial charge in [-0.25, -0.2) is 14.8 Å².